The molecular formula is C6H12ClNO4S. The van der Waals surface area contributed by atoms with Gasteiger partial charge in [0.2, 0.25) is 10.0 Å². The first-order valence-electron chi connectivity index (χ1n) is 3.87. The van der Waals surface area contributed by atoms with Crippen LogP contribution in [0.1, 0.15) is 0 Å². The molecule has 78 valence electrons. The summed E-state index contributed by atoms with van der Waals surface area (Å²) in [6.45, 7) is 1.71. The van der Waals surface area contributed by atoms with E-state index in [9.17, 15) is 8.42 Å². The minimum atomic E-state index is -3.34. The van der Waals surface area contributed by atoms with Crippen LogP contribution in [0.25, 0.3) is 0 Å². The topological polar surface area (TPSA) is 64.6 Å². The van der Waals surface area contributed by atoms with E-state index in [2.05, 4.69) is 4.72 Å². The molecule has 0 aliphatic carbocycles. The molecule has 1 N–H and O–H groups in total. The molecule has 0 spiro atoms. The molecule has 1 aliphatic rings. The highest BCUT2D eigenvalue weighted by Gasteiger charge is 2.17. The van der Waals surface area contributed by atoms with Crippen molar-refractivity contribution in [2.75, 3.05) is 31.6 Å². The Labute approximate surface area is 82.4 Å². The van der Waals surface area contributed by atoms with Gasteiger partial charge in [-0.15, -0.1) is 11.6 Å². The van der Waals surface area contributed by atoms with Gasteiger partial charge >= 0.3 is 0 Å². The molecule has 0 bridgehead atoms. The molecule has 0 aromatic carbocycles. The maximum absolute atomic E-state index is 10.9. The van der Waals surface area contributed by atoms with E-state index in [4.69, 9.17) is 21.1 Å². The van der Waals surface area contributed by atoms with Crippen molar-refractivity contribution in [2.45, 2.75) is 6.10 Å². The van der Waals surface area contributed by atoms with Crippen LogP contribution in [0.15, 0.2) is 0 Å². The number of alkyl halides is 1. The highest BCUT2D eigenvalue weighted by Crippen LogP contribution is 2.00. The van der Waals surface area contributed by atoms with Gasteiger partial charge in [0, 0.05) is 6.54 Å². The summed E-state index contributed by atoms with van der Waals surface area (Å²) >= 11 is 5.19. The maximum Gasteiger partial charge on any atom is 0.225 e. The first kappa shape index (κ1) is 11.2. The number of rotatable bonds is 4. The van der Waals surface area contributed by atoms with Gasteiger partial charge in [-0.3, -0.25) is 0 Å². The van der Waals surface area contributed by atoms with Gasteiger partial charge in [0.25, 0.3) is 0 Å². The van der Waals surface area contributed by atoms with Crippen LogP contribution < -0.4 is 4.72 Å². The van der Waals surface area contributed by atoms with Crippen molar-refractivity contribution in [3.63, 3.8) is 0 Å². The quantitative estimate of drug-likeness (QED) is 0.662. The van der Waals surface area contributed by atoms with Crippen molar-refractivity contribution in [3.05, 3.63) is 0 Å². The molecule has 7 heteroatoms. The van der Waals surface area contributed by atoms with Gasteiger partial charge in [0.05, 0.1) is 25.9 Å². The summed E-state index contributed by atoms with van der Waals surface area (Å²) in [4.78, 5) is 0. The van der Waals surface area contributed by atoms with Crippen LogP contribution in [0.3, 0.4) is 0 Å². The van der Waals surface area contributed by atoms with E-state index < -0.39 is 15.2 Å². The highest BCUT2D eigenvalue weighted by atomic mass is 35.5. The van der Waals surface area contributed by atoms with Crippen molar-refractivity contribution >= 4 is 21.6 Å². The molecule has 0 aromatic rings. The summed E-state index contributed by atoms with van der Waals surface area (Å²) < 4.78 is 34.4. The number of hydrogen-bond donors (Lipinski definition) is 1. The van der Waals surface area contributed by atoms with E-state index in [0.29, 0.717) is 19.8 Å². The summed E-state index contributed by atoms with van der Waals surface area (Å²) in [5.74, 6) is 0. The first-order chi connectivity index (χ1) is 6.14. The van der Waals surface area contributed by atoms with Gasteiger partial charge in [-0.2, -0.15) is 0 Å². The molecule has 0 radical (unpaired) electrons. The Hall–Kier alpha value is 0.120. The maximum atomic E-state index is 10.9. The number of hydrogen-bond acceptors (Lipinski definition) is 4. The SMILES string of the molecule is O=S(=O)(CCl)NCC1COCCO1. The van der Waals surface area contributed by atoms with Crippen molar-refractivity contribution in [2.24, 2.45) is 0 Å². The zero-order valence-electron chi connectivity index (χ0n) is 7.03. The molecule has 1 unspecified atom stereocenters. The predicted octanol–water partition coefficient (Wildman–Crippen LogP) is -0.483. The fraction of sp³-hybridized carbons (Fsp3) is 1.00. The van der Waals surface area contributed by atoms with E-state index in [0.717, 1.165) is 0 Å². The summed E-state index contributed by atoms with van der Waals surface area (Å²) in [6.07, 6.45) is -0.202. The summed E-state index contributed by atoms with van der Waals surface area (Å²) in [5, 5.41) is -0.430. The lowest BCUT2D eigenvalue weighted by molar-refractivity contribution is -0.0846. The molecule has 0 amide bonds. The van der Waals surface area contributed by atoms with Gasteiger partial charge in [-0.05, 0) is 0 Å². The van der Waals surface area contributed by atoms with Gasteiger partial charge in [0.1, 0.15) is 5.21 Å². The zero-order valence-corrected chi connectivity index (χ0v) is 8.60. The van der Waals surface area contributed by atoms with Crippen molar-refractivity contribution in [3.8, 4) is 0 Å². The van der Waals surface area contributed by atoms with Gasteiger partial charge < -0.3 is 9.47 Å². The third-order valence-electron chi connectivity index (χ3n) is 1.56. The lowest BCUT2D eigenvalue weighted by Gasteiger charge is -2.22. The average molecular weight is 230 g/mol. The molecule has 1 heterocycles. The second-order valence-corrected chi connectivity index (χ2v) is 5.03. The van der Waals surface area contributed by atoms with Crippen LogP contribution in [-0.4, -0.2) is 46.1 Å². The molecule has 1 saturated heterocycles. The molecule has 0 saturated carbocycles. The first-order valence-corrected chi connectivity index (χ1v) is 6.05. The second-order valence-electron chi connectivity index (χ2n) is 2.64. The Balaban J connectivity index is 2.25. The number of halogens is 1. The van der Waals surface area contributed by atoms with Gasteiger partial charge in [-0.1, -0.05) is 0 Å². The second kappa shape index (κ2) is 5.11. The normalized spacial score (nSPS) is 24.5. The lowest BCUT2D eigenvalue weighted by atomic mass is 10.3. The van der Waals surface area contributed by atoms with E-state index in [1.165, 1.54) is 0 Å². The van der Waals surface area contributed by atoms with Crippen molar-refractivity contribution < 1.29 is 17.9 Å². The average Bonchev–Trinajstić information content (AvgIpc) is 2.17. The van der Waals surface area contributed by atoms with Gasteiger partial charge in [-0.25, -0.2) is 13.1 Å². The standard InChI is InChI=1S/C6H12ClNO4S/c7-5-13(9,10)8-3-6-4-11-1-2-12-6/h6,8H,1-5H2. The van der Waals surface area contributed by atoms with Crippen LogP contribution in [0.4, 0.5) is 0 Å². The van der Waals surface area contributed by atoms with Crippen LogP contribution in [-0.2, 0) is 19.5 Å². The molecule has 1 aliphatic heterocycles. The Bertz CT molecular complexity index is 237. The molecule has 1 atom stereocenters. The Kier molecular flexibility index (Phi) is 4.40. The molecule has 0 aromatic heterocycles. The van der Waals surface area contributed by atoms with Crippen molar-refractivity contribution in [1.29, 1.82) is 0 Å². The van der Waals surface area contributed by atoms with Crippen LogP contribution in [0, 0.1) is 0 Å². The summed E-state index contributed by atoms with van der Waals surface area (Å²) in [5.41, 5.74) is 0. The predicted molar refractivity (Wildman–Crippen MR) is 48.2 cm³/mol. The Morgan fingerprint density at radius 2 is 2.23 bits per heavy atom. The fourth-order valence-electron chi connectivity index (χ4n) is 0.913. The van der Waals surface area contributed by atoms with E-state index in [1.54, 1.807) is 0 Å². The van der Waals surface area contributed by atoms with Crippen LogP contribution in [0.5, 0.6) is 0 Å². The van der Waals surface area contributed by atoms with Gasteiger partial charge in [0.15, 0.2) is 0 Å². The summed E-state index contributed by atoms with van der Waals surface area (Å²) in [7, 11) is -3.34. The Morgan fingerprint density at radius 1 is 1.46 bits per heavy atom. The summed E-state index contributed by atoms with van der Waals surface area (Å²) in [6, 6.07) is 0. The Morgan fingerprint density at radius 3 is 2.77 bits per heavy atom. The molecule has 1 rings (SSSR count). The third-order valence-corrected chi connectivity index (χ3v) is 3.32. The van der Waals surface area contributed by atoms with Crippen LogP contribution >= 0.6 is 11.6 Å². The van der Waals surface area contributed by atoms with Crippen LogP contribution in [0.2, 0.25) is 0 Å². The lowest BCUT2D eigenvalue weighted by Crippen LogP contribution is -2.39. The molecule has 5 nitrogen and oxygen atoms in total. The van der Waals surface area contributed by atoms with E-state index >= 15 is 0 Å². The zero-order chi connectivity index (χ0) is 9.73. The molecule has 13 heavy (non-hydrogen) atoms. The number of ether oxygens (including phenoxy) is 2. The minimum absolute atomic E-state index is 0.202. The molecular weight excluding hydrogens is 218 g/mol. The largest absolute Gasteiger partial charge is 0.376 e. The fourth-order valence-corrected chi connectivity index (χ4v) is 1.66. The monoisotopic (exact) mass is 229 g/mol. The van der Waals surface area contributed by atoms with E-state index in [1.807, 2.05) is 0 Å². The minimum Gasteiger partial charge on any atom is -0.376 e. The number of sulfonamides is 1. The molecule has 1 fully saturated rings. The van der Waals surface area contributed by atoms with Crippen molar-refractivity contribution in [1.82, 2.24) is 4.72 Å². The highest BCUT2D eigenvalue weighted by molar-refractivity contribution is 7.90. The smallest absolute Gasteiger partial charge is 0.225 e. The number of nitrogens with one attached hydrogen (secondary N) is 1. The van der Waals surface area contributed by atoms with E-state index in [-0.39, 0.29) is 12.6 Å². The third kappa shape index (κ3) is 4.24.